The fourth-order valence-corrected chi connectivity index (χ4v) is 1.41. The van der Waals surface area contributed by atoms with Crippen molar-refractivity contribution in [1.82, 2.24) is 10.2 Å². The molecule has 0 atom stereocenters. The zero-order chi connectivity index (χ0) is 14.2. The number of methoxy groups -OCH3 is 1. The van der Waals surface area contributed by atoms with Crippen LogP contribution in [0.1, 0.15) is 33.1 Å². The Labute approximate surface area is 108 Å². The smallest absolute Gasteiger partial charge is 0.317 e. The molecule has 106 valence electrons. The third kappa shape index (κ3) is 7.89. The Hall–Kier alpha value is -1.30. The van der Waals surface area contributed by atoms with Crippen molar-refractivity contribution >= 4 is 12.0 Å². The average Bonchev–Trinajstić information content (AvgIpc) is 2.26. The van der Waals surface area contributed by atoms with Crippen LogP contribution in [0.15, 0.2) is 0 Å². The fourth-order valence-electron chi connectivity index (χ4n) is 1.41. The molecule has 0 aliphatic heterocycles. The van der Waals surface area contributed by atoms with Gasteiger partial charge in [0.25, 0.3) is 0 Å². The maximum Gasteiger partial charge on any atom is 0.317 e. The number of aliphatic carboxylic acids is 1. The Balaban J connectivity index is 4.07. The lowest BCUT2D eigenvalue weighted by Crippen LogP contribution is -2.49. The van der Waals surface area contributed by atoms with Gasteiger partial charge >= 0.3 is 12.0 Å². The zero-order valence-electron chi connectivity index (χ0n) is 11.7. The number of carboxylic acids is 1. The van der Waals surface area contributed by atoms with Crippen molar-refractivity contribution in [3.05, 3.63) is 0 Å². The standard InChI is InChI=1S/C12H24N2O4/c1-12(2,7-6-10(15)16)13-11(17)14(3)8-5-9-18-4/h5-9H2,1-4H3,(H,13,17)(H,15,16). The first-order valence-corrected chi connectivity index (χ1v) is 6.02. The molecule has 0 aliphatic rings. The highest BCUT2D eigenvalue weighted by atomic mass is 16.5. The van der Waals surface area contributed by atoms with Crippen molar-refractivity contribution in [2.45, 2.75) is 38.6 Å². The zero-order valence-corrected chi connectivity index (χ0v) is 11.7. The first kappa shape index (κ1) is 16.7. The van der Waals surface area contributed by atoms with Crippen LogP contribution in [0.4, 0.5) is 4.79 Å². The van der Waals surface area contributed by atoms with Gasteiger partial charge in [0, 0.05) is 39.3 Å². The minimum Gasteiger partial charge on any atom is -0.481 e. The van der Waals surface area contributed by atoms with Crippen LogP contribution >= 0.6 is 0 Å². The van der Waals surface area contributed by atoms with Gasteiger partial charge in [-0.05, 0) is 26.7 Å². The molecule has 18 heavy (non-hydrogen) atoms. The molecule has 0 aromatic heterocycles. The van der Waals surface area contributed by atoms with Crippen LogP contribution in [0.2, 0.25) is 0 Å². The topological polar surface area (TPSA) is 78.9 Å². The van der Waals surface area contributed by atoms with Crippen LogP contribution in [-0.4, -0.2) is 54.9 Å². The number of carboxylic acid groups (broad SMARTS) is 1. The van der Waals surface area contributed by atoms with Gasteiger partial charge in [0.1, 0.15) is 0 Å². The summed E-state index contributed by atoms with van der Waals surface area (Å²) in [5, 5.41) is 11.4. The molecule has 0 saturated carbocycles. The molecule has 0 heterocycles. The number of hydrogen-bond acceptors (Lipinski definition) is 3. The van der Waals surface area contributed by atoms with Gasteiger partial charge in [0.15, 0.2) is 0 Å². The number of rotatable bonds is 8. The lowest BCUT2D eigenvalue weighted by atomic mass is 9.99. The number of urea groups is 1. The molecule has 0 aromatic carbocycles. The van der Waals surface area contributed by atoms with Crippen LogP contribution in [0.3, 0.4) is 0 Å². The van der Waals surface area contributed by atoms with Crippen LogP contribution in [0, 0.1) is 0 Å². The van der Waals surface area contributed by atoms with Gasteiger partial charge in [-0.3, -0.25) is 4.79 Å². The summed E-state index contributed by atoms with van der Waals surface area (Å²) < 4.78 is 4.91. The SMILES string of the molecule is COCCCN(C)C(=O)NC(C)(C)CCC(=O)O. The second kappa shape index (κ2) is 7.92. The summed E-state index contributed by atoms with van der Waals surface area (Å²) in [5.41, 5.74) is -0.523. The van der Waals surface area contributed by atoms with Gasteiger partial charge in [-0.1, -0.05) is 0 Å². The number of hydrogen-bond donors (Lipinski definition) is 2. The van der Waals surface area contributed by atoms with E-state index >= 15 is 0 Å². The number of carbonyl (C=O) groups is 2. The average molecular weight is 260 g/mol. The Morgan fingerprint density at radius 2 is 2.00 bits per heavy atom. The van der Waals surface area contributed by atoms with E-state index in [1.807, 2.05) is 13.8 Å². The van der Waals surface area contributed by atoms with Gasteiger partial charge in [-0.25, -0.2) is 4.79 Å². The van der Waals surface area contributed by atoms with Crippen LogP contribution < -0.4 is 5.32 Å². The predicted octanol–water partition coefficient (Wildman–Crippen LogP) is 1.31. The highest BCUT2D eigenvalue weighted by molar-refractivity contribution is 5.74. The largest absolute Gasteiger partial charge is 0.481 e. The molecule has 0 rings (SSSR count). The van der Waals surface area contributed by atoms with Gasteiger partial charge in [0.05, 0.1) is 0 Å². The van der Waals surface area contributed by atoms with Gasteiger partial charge < -0.3 is 20.1 Å². The summed E-state index contributed by atoms with van der Waals surface area (Å²) >= 11 is 0. The van der Waals surface area contributed by atoms with Gasteiger partial charge in [-0.15, -0.1) is 0 Å². The Morgan fingerprint density at radius 3 is 2.50 bits per heavy atom. The molecule has 0 fully saturated rings. The number of ether oxygens (including phenoxy) is 1. The van der Waals surface area contributed by atoms with Crippen molar-refractivity contribution in [2.75, 3.05) is 27.3 Å². The second-order valence-corrected chi connectivity index (χ2v) is 4.98. The fraction of sp³-hybridized carbons (Fsp3) is 0.833. The normalized spacial score (nSPS) is 11.1. The number of amides is 2. The summed E-state index contributed by atoms with van der Waals surface area (Å²) in [6.45, 7) is 4.85. The molecule has 0 aromatic rings. The van der Waals surface area contributed by atoms with E-state index in [0.29, 0.717) is 19.6 Å². The van der Waals surface area contributed by atoms with E-state index in [1.165, 1.54) is 0 Å². The molecule has 0 saturated heterocycles. The van der Waals surface area contributed by atoms with Crippen molar-refractivity contribution in [2.24, 2.45) is 0 Å². The minimum atomic E-state index is -0.856. The predicted molar refractivity (Wildman–Crippen MR) is 68.6 cm³/mol. The summed E-state index contributed by atoms with van der Waals surface area (Å²) in [5.74, 6) is -0.856. The lowest BCUT2D eigenvalue weighted by Gasteiger charge is -2.29. The Kier molecular flexibility index (Phi) is 7.35. The molecule has 6 heteroatoms. The molecule has 0 aliphatic carbocycles. The second-order valence-electron chi connectivity index (χ2n) is 4.98. The molecule has 0 unspecified atom stereocenters. The van der Waals surface area contributed by atoms with E-state index in [9.17, 15) is 9.59 Å². The van der Waals surface area contributed by atoms with Crippen molar-refractivity contribution in [1.29, 1.82) is 0 Å². The number of carbonyl (C=O) groups excluding carboxylic acids is 1. The van der Waals surface area contributed by atoms with Gasteiger partial charge in [0.2, 0.25) is 0 Å². The Morgan fingerprint density at radius 1 is 1.39 bits per heavy atom. The quantitative estimate of drug-likeness (QED) is 0.645. The van der Waals surface area contributed by atoms with Crippen molar-refractivity contribution in [3.8, 4) is 0 Å². The van der Waals surface area contributed by atoms with E-state index in [0.717, 1.165) is 6.42 Å². The van der Waals surface area contributed by atoms with Crippen molar-refractivity contribution in [3.63, 3.8) is 0 Å². The highest BCUT2D eigenvalue weighted by Crippen LogP contribution is 2.11. The third-order valence-corrected chi connectivity index (χ3v) is 2.60. The molecule has 6 nitrogen and oxygen atoms in total. The first-order valence-electron chi connectivity index (χ1n) is 6.02. The summed E-state index contributed by atoms with van der Waals surface area (Å²) in [6, 6.07) is -0.193. The van der Waals surface area contributed by atoms with Crippen LogP contribution in [0.25, 0.3) is 0 Å². The van der Waals surface area contributed by atoms with Crippen LogP contribution in [-0.2, 0) is 9.53 Å². The summed E-state index contributed by atoms with van der Waals surface area (Å²) in [4.78, 5) is 23.9. The summed E-state index contributed by atoms with van der Waals surface area (Å²) in [6.07, 6.45) is 1.22. The molecule has 0 bridgehead atoms. The summed E-state index contributed by atoms with van der Waals surface area (Å²) in [7, 11) is 3.33. The maximum absolute atomic E-state index is 11.8. The minimum absolute atomic E-state index is 0.0423. The van der Waals surface area contributed by atoms with E-state index in [2.05, 4.69) is 5.32 Å². The monoisotopic (exact) mass is 260 g/mol. The molecular weight excluding hydrogens is 236 g/mol. The van der Waals surface area contributed by atoms with Crippen LogP contribution in [0.5, 0.6) is 0 Å². The van der Waals surface area contributed by atoms with E-state index in [4.69, 9.17) is 9.84 Å². The number of nitrogens with one attached hydrogen (secondary N) is 1. The van der Waals surface area contributed by atoms with Gasteiger partial charge in [-0.2, -0.15) is 0 Å². The Bertz CT molecular complexity index is 279. The van der Waals surface area contributed by atoms with Crippen molar-refractivity contribution < 1.29 is 19.4 Å². The molecule has 2 amide bonds. The lowest BCUT2D eigenvalue weighted by molar-refractivity contribution is -0.137. The van der Waals surface area contributed by atoms with E-state index in [-0.39, 0.29) is 12.5 Å². The molecule has 0 spiro atoms. The third-order valence-electron chi connectivity index (χ3n) is 2.60. The van der Waals surface area contributed by atoms with E-state index < -0.39 is 11.5 Å². The molecular formula is C12H24N2O4. The maximum atomic E-state index is 11.8. The van der Waals surface area contributed by atoms with E-state index in [1.54, 1.807) is 19.1 Å². The first-order chi connectivity index (χ1) is 8.28. The highest BCUT2D eigenvalue weighted by Gasteiger charge is 2.22. The number of nitrogens with zero attached hydrogens (tertiary/aromatic N) is 1. The molecule has 2 N–H and O–H groups in total. The molecule has 0 radical (unpaired) electrons.